The molecule has 0 saturated carbocycles. The van der Waals surface area contributed by atoms with Gasteiger partial charge in [0.2, 0.25) is 0 Å². The summed E-state index contributed by atoms with van der Waals surface area (Å²) in [6.45, 7) is 1.79. The van der Waals surface area contributed by atoms with Gasteiger partial charge in [-0.05, 0) is 12.0 Å². The van der Waals surface area contributed by atoms with E-state index in [4.69, 9.17) is 10.5 Å². The second-order valence-corrected chi connectivity index (χ2v) is 3.49. The van der Waals surface area contributed by atoms with E-state index < -0.39 is 11.9 Å². The standard InChI is InChI=1S/C12H15NO2/c1-2-10(12(14)15)11(13)8-9-6-4-3-5-7-9/h3-7,10,13H,2,8H2,1H3,(H,14,15)/t10-/m0/s1. The number of rotatable bonds is 5. The summed E-state index contributed by atoms with van der Waals surface area (Å²) < 4.78 is 0. The van der Waals surface area contributed by atoms with Crippen LogP contribution in [0, 0.1) is 11.3 Å². The van der Waals surface area contributed by atoms with Gasteiger partial charge in [-0.15, -0.1) is 0 Å². The molecule has 0 aliphatic rings. The molecule has 0 aromatic heterocycles. The number of nitrogens with one attached hydrogen (secondary N) is 1. The molecule has 0 saturated heterocycles. The van der Waals surface area contributed by atoms with Crippen LogP contribution in [0.15, 0.2) is 30.3 Å². The molecule has 1 atom stereocenters. The summed E-state index contributed by atoms with van der Waals surface area (Å²) in [6, 6.07) is 9.50. The molecule has 0 spiro atoms. The molecule has 0 bridgehead atoms. The maximum atomic E-state index is 10.8. The monoisotopic (exact) mass is 205 g/mol. The van der Waals surface area contributed by atoms with E-state index in [0.29, 0.717) is 12.8 Å². The van der Waals surface area contributed by atoms with Crippen LogP contribution in [0.3, 0.4) is 0 Å². The van der Waals surface area contributed by atoms with Crippen LogP contribution >= 0.6 is 0 Å². The summed E-state index contributed by atoms with van der Waals surface area (Å²) in [7, 11) is 0. The van der Waals surface area contributed by atoms with Crippen molar-refractivity contribution in [3.8, 4) is 0 Å². The Morgan fingerprint density at radius 1 is 1.40 bits per heavy atom. The SMILES string of the molecule is CC[C@@H](C(=N)Cc1ccccc1)C(=O)O. The van der Waals surface area contributed by atoms with Crippen molar-refractivity contribution in [3.05, 3.63) is 35.9 Å². The van der Waals surface area contributed by atoms with Crippen LogP contribution in [0.2, 0.25) is 0 Å². The smallest absolute Gasteiger partial charge is 0.312 e. The van der Waals surface area contributed by atoms with Gasteiger partial charge < -0.3 is 10.5 Å². The van der Waals surface area contributed by atoms with Gasteiger partial charge in [0.05, 0.1) is 5.92 Å². The lowest BCUT2D eigenvalue weighted by atomic mass is 9.95. The number of benzene rings is 1. The van der Waals surface area contributed by atoms with Crippen LogP contribution in [-0.4, -0.2) is 16.8 Å². The number of carboxylic acids is 1. The quantitative estimate of drug-likeness (QED) is 0.725. The van der Waals surface area contributed by atoms with Crippen LogP contribution in [0.5, 0.6) is 0 Å². The molecule has 0 aliphatic heterocycles. The van der Waals surface area contributed by atoms with Crippen molar-refractivity contribution in [1.82, 2.24) is 0 Å². The van der Waals surface area contributed by atoms with Crippen LogP contribution in [0.4, 0.5) is 0 Å². The fourth-order valence-electron chi connectivity index (χ4n) is 1.51. The maximum Gasteiger partial charge on any atom is 0.312 e. The second-order valence-electron chi connectivity index (χ2n) is 3.49. The van der Waals surface area contributed by atoms with Gasteiger partial charge in [0.15, 0.2) is 0 Å². The zero-order chi connectivity index (χ0) is 11.3. The first-order valence-electron chi connectivity index (χ1n) is 4.99. The van der Waals surface area contributed by atoms with E-state index >= 15 is 0 Å². The Morgan fingerprint density at radius 3 is 2.47 bits per heavy atom. The molecule has 0 fully saturated rings. The molecule has 3 nitrogen and oxygen atoms in total. The Hall–Kier alpha value is -1.64. The van der Waals surface area contributed by atoms with Gasteiger partial charge in [0.1, 0.15) is 0 Å². The average molecular weight is 205 g/mol. The molecule has 3 heteroatoms. The largest absolute Gasteiger partial charge is 0.481 e. The van der Waals surface area contributed by atoms with E-state index in [0.717, 1.165) is 5.56 Å². The summed E-state index contributed by atoms with van der Waals surface area (Å²) in [5.74, 6) is -1.55. The molecule has 0 aliphatic carbocycles. The topological polar surface area (TPSA) is 61.2 Å². The normalized spacial score (nSPS) is 12.1. The minimum Gasteiger partial charge on any atom is -0.481 e. The molecule has 0 unspecified atom stereocenters. The molecule has 1 aromatic carbocycles. The number of aliphatic carboxylic acids is 1. The highest BCUT2D eigenvalue weighted by atomic mass is 16.4. The lowest BCUT2D eigenvalue weighted by molar-refractivity contribution is -0.139. The first kappa shape index (κ1) is 11.4. The third kappa shape index (κ3) is 3.20. The Kier molecular flexibility index (Phi) is 4.03. The highest BCUT2D eigenvalue weighted by Gasteiger charge is 2.20. The predicted molar refractivity (Wildman–Crippen MR) is 59.3 cm³/mol. The van der Waals surface area contributed by atoms with Crippen molar-refractivity contribution in [1.29, 1.82) is 5.41 Å². The number of carboxylic acid groups (broad SMARTS) is 1. The van der Waals surface area contributed by atoms with Crippen molar-refractivity contribution >= 4 is 11.7 Å². The van der Waals surface area contributed by atoms with Crippen LogP contribution in [0.1, 0.15) is 18.9 Å². The Bertz CT molecular complexity index is 346. The fourth-order valence-corrected chi connectivity index (χ4v) is 1.51. The molecule has 1 aromatic rings. The van der Waals surface area contributed by atoms with Gasteiger partial charge in [-0.3, -0.25) is 4.79 Å². The highest BCUT2D eigenvalue weighted by Crippen LogP contribution is 2.10. The van der Waals surface area contributed by atoms with Crippen molar-refractivity contribution in [3.63, 3.8) is 0 Å². The van der Waals surface area contributed by atoms with Crippen molar-refractivity contribution in [2.45, 2.75) is 19.8 Å². The molecular weight excluding hydrogens is 190 g/mol. The van der Waals surface area contributed by atoms with E-state index in [9.17, 15) is 4.79 Å². The van der Waals surface area contributed by atoms with Gasteiger partial charge in [-0.25, -0.2) is 0 Å². The van der Waals surface area contributed by atoms with Crippen LogP contribution < -0.4 is 0 Å². The number of hydrogen-bond donors (Lipinski definition) is 2. The van der Waals surface area contributed by atoms with Crippen molar-refractivity contribution < 1.29 is 9.90 Å². The zero-order valence-corrected chi connectivity index (χ0v) is 8.73. The van der Waals surface area contributed by atoms with Crippen LogP contribution in [-0.2, 0) is 11.2 Å². The Labute approximate surface area is 89.3 Å². The second kappa shape index (κ2) is 5.29. The molecule has 0 radical (unpaired) electrons. The first-order chi connectivity index (χ1) is 7.15. The third-order valence-electron chi connectivity index (χ3n) is 2.36. The van der Waals surface area contributed by atoms with E-state index in [1.165, 1.54) is 0 Å². The highest BCUT2D eigenvalue weighted by molar-refractivity contribution is 6.00. The summed E-state index contributed by atoms with van der Waals surface area (Å²) in [4.78, 5) is 10.8. The average Bonchev–Trinajstić information content (AvgIpc) is 2.19. The molecule has 2 N–H and O–H groups in total. The number of carbonyl (C=O) groups is 1. The van der Waals surface area contributed by atoms with E-state index in [1.54, 1.807) is 6.92 Å². The molecule has 80 valence electrons. The molecule has 15 heavy (non-hydrogen) atoms. The summed E-state index contributed by atoms with van der Waals surface area (Å²) in [6.07, 6.45) is 0.895. The van der Waals surface area contributed by atoms with Gasteiger partial charge in [-0.1, -0.05) is 37.3 Å². The summed E-state index contributed by atoms with van der Waals surface area (Å²) in [5, 5.41) is 16.6. The lowest BCUT2D eigenvalue weighted by Crippen LogP contribution is -2.23. The molecule has 0 heterocycles. The van der Waals surface area contributed by atoms with Gasteiger partial charge in [0.25, 0.3) is 0 Å². The lowest BCUT2D eigenvalue weighted by Gasteiger charge is -2.11. The van der Waals surface area contributed by atoms with Gasteiger partial charge in [0, 0.05) is 12.1 Å². The minimum absolute atomic E-state index is 0.274. The summed E-state index contributed by atoms with van der Waals surface area (Å²) >= 11 is 0. The maximum absolute atomic E-state index is 10.8. The number of hydrogen-bond acceptors (Lipinski definition) is 2. The van der Waals surface area contributed by atoms with Gasteiger partial charge >= 0.3 is 5.97 Å². The third-order valence-corrected chi connectivity index (χ3v) is 2.36. The fraction of sp³-hybridized carbons (Fsp3) is 0.333. The molecule has 0 amide bonds. The minimum atomic E-state index is -0.904. The first-order valence-corrected chi connectivity index (χ1v) is 4.99. The molecule has 1 rings (SSSR count). The Morgan fingerprint density at radius 2 is 2.00 bits per heavy atom. The summed E-state index contributed by atoms with van der Waals surface area (Å²) in [5.41, 5.74) is 1.26. The van der Waals surface area contributed by atoms with E-state index in [2.05, 4.69) is 0 Å². The van der Waals surface area contributed by atoms with Crippen LogP contribution in [0.25, 0.3) is 0 Å². The van der Waals surface area contributed by atoms with Gasteiger partial charge in [-0.2, -0.15) is 0 Å². The predicted octanol–water partition coefficient (Wildman–Crippen LogP) is 2.36. The van der Waals surface area contributed by atoms with Crippen molar-refractivity contribution in [2.75, 3.05) is 0 Å². The van der Waals surface area contributed by atoms with E-state index in [1.807, 2.05) is 30.3 Å². The van der Waals surface area contributed by atoms with Crippen molar-refractivity contribution in [2.24, 2.45) is 5.92 Å². The Balaban J connectivity index is 2.66. The molecular formula is C12H15NO2. The van der Waals surface area contributed by atoms with E-state index in [-0.39, 0.29) is 5.71 Å². The zero-order valence-electron chi connectivity index (χ0n) is 8.73.